The molecular formula is C14H25N5O6S. The molecule has 0 aliphatic carbocycles. The average Bonchev–Trinajstić information content (AvgIpc) is 2.55. The zero-order chi connectivity index (χ0) is 20.4. The maximum atomic E-state index is 12.4. The van der Waals surface area contributed by atoms with Gasteiger partial charge in [-0.15, -0.1) is 0 Å². The van der Waals surface area contributed by atoms with E-state index in [1.165, 1.54) is 0 Å². The van der Waals surface area contributed by atoms with E-state index < -0.39 is 66.6 Å². The number of nitrogens with one attached hydrogen (secondary N) is 3. The van der Waals surface area contributed by atoms with Crippen LogP contribution in [0.25, 0.3) is 0 Å². The number of hydrogen-bond donors (Lipinski definition) is 7. The summed E-state index contributed by atoms with van der Waals surface area (Å²) in [4.78, 5) is 58.2. The Morgan fingerprint density at radius 1 is 1.00 bits per heavy atom. The van der Waals surface area contributed by atoms with Crippen molar-refractivity contribution < 1.29 is 29.1 Å². The molecule has 3 unspecified atom stereocenters. The molecule has 8 N–H and O–H groups in total. The first kappa shape index (κ1) is 23.7. The van der Waals surface area contributed by atoms with Gasteiger partial charge >= 0.3 is 5.97 Å². The minimum atomic E-state index is -1.31. The number of rotatable bonds is 11. The van der Waals surface area contributed by atoms with Crippen LogP contribution >= 0.6 is 12.6 Å². The Kier molecular flexibility index (Phi) is 10.3. The van der Waals surface area contributed by atoms with Gasteiger partial charge in [0.05, 0.1) is 13.0 Å². The van der Waals surface area contributed by atoms with E-state index in [1.807, 2.05) is 0 Å². The topological polar surface area (TPSA) is 194 Å². The Morgan fingerprint density at radius 3 is 1.96 bits per heavy atom. The first-order valence-corrected chi connectivity index (χ1v) is 8.38. The summed E-state index contributed by atoms with van der Waals surface area (Å²) in [5, 5.41) is 15.9. The Bertz CT molecular complexity index is 556. The summed E-state index contributed by atoms with van der Waals surface area (Å²) in [6.07, 6.45) is -0.488. The second-order valence-electron chi connectivity index (χ2n) is 5.81. The highest BCUT2D eigenvalue weighted by atomic mass is 32.1. The van der Waals surface area contributed by atoms with Gasteiger partial charge in [-0.2, -0.15) is 12.6 Å². The Labute approximate surface area is 156 Å². The maximum absolute atomic E-state index is 12.4. The smallest absolute Gasteiger partial charge is 0.327 e. The van der Waals surface area contributed by atoms with Gasteiger partial charge in [-0.05, 0) is 5.92 Å². The largest absolute Gasteiger partial charge is 0.480 e. The number of aliphatic carboxylic acids is 1. The van der Waals surface area contributed by atoms with Gasteiger partial charge in [-0.3, -0.25) is 19.2 Å². The number of thiol groups is 1. The Morgan fingerprint density at radius 2 is 1.58 bits per heavy atom. The SMILES string of the molecule is CC(C)C(NC(=O)C(CC(N)=O)NC(=O)CN)C(=O)NC(CS)C(=O)O. The number of carboxylic acids is 1. The van der Waals surface area contributed by atoms with Crippen molar-refractivity contribution >= 4 is 42.2 Å². The van der Waals surface area contributed by atoms with Crippen LogP contribution < -0.4 is 27.4 Å². The molecule has 0 aromatic rings. The van der Waals surface area contributed by atoms with Crippen molar-refractivity contribution in [2.45, 2.75) is 38.4 Å². The van der Waals surface area contributed by atoms with Crippen molar-refractivity contribution in [1.82, 2.24) is 16.0 Å². The minimum absolute atomic E-state index is 0.142. The lowest BCUT2D eigenvalue weighted by atomic mass is 10.0. The third kappa shape index (κ3) is 8.16. The molecule has 11 nitrogen and oxygen atoms in total. The standard InChI is InChI=1S/C14H25N5O6S/c1-6(2)11(13(23)18-8(5-26)14(24)25)19-12(22)7(3-9(16)20)17-10(21)4-15/h6-8,11,26H,3-5,15H2,1-2H3,(H2,16,20)(H,17,21)(H,18,23)(H,19,22)(H,24,25). The number of hydrogen-bond acceptors (Lipinski definition) is 7. The molecule has 0 aromatic heterocycles. The van der Waals surface area contributed by atoms with E-state index in [2.05, 4.69) is 28.6 Å². The molecule has 0 radical (unpaired) electrons. The fourth-order valence-electron chi connectivity index (χ4n) is 1.90. The van der Waals surface area contributed by atoms with Gasteiger partial charge in [0.15, 0.2) is 0 Å². The summed E-state index contributed by atoms with van der Waals surface area (Å²) in [6.45, 7) is 2.85. The predicted molar refractivity (Wildman–Crippen MR) is 95.0 cm³/mol. The number of carbonyl (C=O) groups excluding carboxylic acids is 4. The van der Waals surface area contributed by atoms with Crippen molar-refractivity contribution in [1.29, 1.82) is 0 Å². The highest BCUT2D eigenvalue weighted by molar-refractivity contribution is 7.80. The number of carboxylic acid groups (broad SMARTS) is 1. The number of nitrogens with two attached hydrogens (primary N) is 2. The van der Waals surface area contributed by atoms with Gasteiger partial charge < -0.3 is 32.5 Å². The van der Waals surface area contributed by atoms with Crippen molar-refractivity contribution in [3.8, 4) is 0 Å². The van der Waals surface area contributed by atoms with E-state index in [4.69, 9.17) is 16.6 Å². The highest BCUT2D eigenvalue weighted by Gasteiger charge is 2.31. The van der Waals surface area contributed by atoms with Gasteiger partial charge in [0.25, 0.3) is 0 Å². The van der Waals surface area contributed by atoms with Crippen LogP contribution in [0.4, 0.5) is 0 Å². The fourth-order valence-corrected chi connectivity index (χ4v) is 2.15. The summed E-state index contributed by atoms with van der Waals surface area (Å²) >= 11 is 3.84. The molecule has 0 aliphatic heterocycles. The molecule has 26 heavy (non-hydrogen) atoms. The first-order valence-electron chi connectivity index (χ1n) is 7.75. The van der Waals surface area contributed by atoms with E-state index in [9.17, 15) is 24.0 Å². The third-order valence-corrected chi connectivity index (χ3v) is 3.65. The normalized spacial score (nSPS) is 14.0. The molecule has 0 heterocycles. The van der Waals surface area contributed by atoms with Crippen LogP contribution in [0.1, 0.15) is 20.3 Å². The molecule has 148 valence electrons. The predicted octanol–water partition coefficient (Wildman–Crippen LogP) is -3.05. The number of carbonyl (C=O) groups is 5. The molecule has 0 fully saturated rings. The van der Waals surface area contributed by atoms with Gasteiger partial charge in [0.1, 0.15) is 18.1 Å². The van der Waals surface area contributed by atoms with Gasteiger partial charge in [-0.1, -0.05) is 13.8 Å². The van der Waals surface area contributed by atoms with Gasteiger partial charge in [-0.25, -0.2) is 4.79 Å². The molecule has 0 bridgehead atoms. The Hall–Kier alpha value is -2.34. The van der Waals surface area contributed by atoms with Gasteiger partial charge in [0, 0.05) is 5.75 Å². The van der Waals surface area contributed by atoms with Crippen LogP contribution in [0.3, 0.4) is 0 Å². The van der Waals surface area contributed by atoms with E-state index in [0.717, 1.165) is 0 Å². The molecule has 12 heteroatoms. The lowest BCUT2D eigenvalue weighted by molar-refractivity contribution is -0.142. The number of amides is 4. The van der Waals surface area contributed by atoms with Crippen molar-refractivity contribution in [2.75, 3.05) is 12.3 Å². The summed E-state index contributed by atoms with van der Waals surface area (Å²) in [5.74, 6) is -4.91. The Balaban J connectivity index is 5.21. The van der Waals surface area contributed by atoms with Gasteiger partial charge in [0.2, 0.25) is 23.6 Å². The first-order chi connectivity index (χ1) is 12.0. The molecular weight excluding hydrogens is 366 g/mol. The highest BCUT2D eigenvalue weighted by Crippen LogP contribution is 2.05. The summed E-state index contributed by atoms with van der Waals surface area (Å²) in [5.41, 5.74) is 10.2. The van der Waals surface area contributed by atoms with Crippen LogP contribution in [0.2, 0.25) is 0 Å². The molecule has 0 spiro atoms. The maximum Gasteiger partial charge on any atom is 0.327 e. The quantitative estimate of drug-likeness (QED) is 0.182. The van der Waals surface area contributed by atoms with E-state index in [0.29, 0.717) is 0 Å². The second kappa shape index (κ2) is 11.3. The van der Waals surface area contributed by atoms with Crippen LogP contribution in [0.15, 0.2) is 0 Å². The summed E-state index contributed by atoms with van der Waals surface area (Å²) < 4.78 is 0. The number of primary amides is 1. The van der Waals surface area contributed by atoms with E-state index in [-0.39, 0.29) is 5.75 Å². The second-order valence-corrected chi connectivity index (χ2v) is 6.17. The van der Waals surface area contributed by atoms with Crippen LogP contribution in [-0.4, -0.2) is 65.1 Å². The molecule has 3 atom stereocenters. The summed E-state index contributed by atoms with van der Waals surface area (Å²) in [7, 11) is 0. The van der Waals surface area contributed by atoms with E-state index in [1.54, 1.807) is 13.8 Å². The lowest BCUT2D eigenvalue weighted by Crippen LogP contribution is -2.58. The van der Waals surface area contributed by atoms with Crippen LogP contribution in [0, 0.1) is 5.92 Å². The monoisotopic (exact) mass is 391 g/mol. The van der Waals surface area contributed by atoms with Crippen molar-refractivity contribution in [3.05, 3.63) is 0 Å². The lowest BCUT2D eigenvalue weighted by Gasteiger charge is -2.26. The third-order valence-electron chi connectivity index (χ3n) is 3.29. The summed E-state index contributed by atoms with van der Waals surface area (Å²) in [6, 6.07) is -3.64. The van der Waals surface area contributed by atoms with Crippen molar-refractivity contribution in [3.63, 3.8) is 0 Å². The molecule has 0 aromatic carbocycles. The van der Waals surface area contributed by atoms with Crippen LogP contribution in [-0.2, 0) is 24.0 Å². The molecule has 4 amide bonds. The minimum Gasteiger partial charge on any atom is -0.480 e. The molecule has 0 saturated carbocycles. The fraction of sp³-hybridized carbons (Fsp3) is 0.643. The molecule has 0 saturated heterocycles. The zero-order valence-corrected chi connectivity index (χ0v) is 15.4. The average molecular weight is 391 g/mol. The van der Waals surface area contributed by atoms with E-state index >= 15 is 0 Å². The van der Waals surface area contributed by atoms with Crippen molar-refractivity contribution in [2.24, 2.45) is 17.4 Å². The molecule has 0 rings (SSSR count). The zero-order valence-electron chi connectivity index (χ0n) is 14.5. The molecule has 0 aliphatic rings. The van der Waals surface area contributed by atoms with Crippen LogP contribution in [0.5, 0.6) is 0 Å².